The molecule has 1 aliphatic rings. The molecule has 0 aromatic rings. The van der Waals surface area contributed by atoms with Crippen molar-refractivity contribution in [3.63, 3.8) is 0 Å². The molecule has 1 amide bonds. The molecule has 1 aliphatic heterocycles. The van der Waals surface area contributed by atoms with E-state index in [4.69, 9.17) is 0 Å². The predicted octanol–water partition coefficient (Wildman–Crippen LogP) is 1.50. The van der Waals surface area contributed by atoms with Crippen molar-refractivity contribution < 1.29 is 13.2 Å². The molecule has 1 N–H and O–H groups in total. The lowest BCUT2D eigenvalue weighted by molar-refractivity contribution is -0.122. The van der Waals surface area contributed by atoms with Crippen LogP contribution in [0.1, 0.15) is 52.4 Å². The van der Waals surface area contributed by atoms with Crippen molar-refractivity contribution in [2.45, 2.75) is 58.4 Å². The summed E-state index contributed by atoms with van der Waals surface area (Å²) in [6, 6.07) is 0.136. The van der Waals surface area contributed by atoms with Crippen molar-refractivity contribution in [3.8, 4) is 0 Å². The number of nitrogens with zero attached hydrogens (tertiary/aromatic N) is 1. The number of rotatable bonds is 7. The van der Waals surface area contributed by atoms with Crippen LogP contribution in [0.15, 0.2) is 0 Å². The van der Waals surface area contributed by atoms with Gasteiger partial charge in [0.1, 0.15) is 0 Å². The van der Waals surface area contributed by atoms with Crippen LogP contribution in [0.5, 0.6) is 0 Å². The number of carbonyl (C=O) groups is 1. The van der Waals surface area contributed by atoms with Gasteiger partial charge in [0.25, 0.3) is 0 Å². The van der Waals surface area contributed by atoms with E-state index in [0.29, 0.717) is 19.5 Å². The number of unbranched alkanes of at least 4 members (excludes halogenated alkanes) is 1. The molecular weight excluding hydrogens is 264 g/mol. The van der Waals surface area contributed by atoms with E-state index < -0.39 is 10.0 Å². The van der Waals surface area contributed by atoms with Crippen LogP contribution in [0, 0.1) is 0 Å². The number of sulfonamides is 1. The van der Waals surface area contributed by atoms with Gasteiger partial charge >= 0.3 is 0 Å². The summed E-state index contributed by atoms with van der Waals surface area (Å²) in [5.41, 5.74) is 0. The average molecular weight is 290 g/mol. The molecule has 1 heterocycles. The first-order valence-electron chi connectivity index (χ1n) is 7.26. The van der Waals surface area contributed by atoms with Gasteiger partial charge in [0.15, 0.2) is 0 Å². The second-order valence-electron chi connectivity index (χ2n) is 5.16. The van der Waals surface area contributed by atoms with Gasteiger partial charge in [0, 0.05) is 25.6 Å². The van der Waals surface area contributed by atoms with Crippen LogP contribution in [0.2, 0.25) is 0 Å². The third-order valence-corrected chi connectivity index (χ3v) is 5.40. The summed E-state index contributed by atoms with van der Waals surface area (Å²) >= 11 is 0. The maximum Gasteiger partial charge on any atom is 0.220 e. The molecule has 0 radical (unpaired) electrons. The van der Waals surface area contributed by atoms with Gasteiger partial charge in [-0.25, -0.2) is 12.7 Å². The van der Waals surface area contributed by atoms with E-state index in [1.807, 2.05) is 13.8 Å². The Morgan fingerprint density at radius 1 is 1.21 bits per heavy atom. The minimum Gasteiger partial charge on any atom is -0.353 e. The molecule has 19 heavy (non-hydrogen) atoms. The number of piperidine rings is 1. The monoisotopic (exact) mass is 290 g/mol. The normalized spacial score (nSPS) is 18.4. The average Bonchev–Trinajstić information content (AvgIpc) is 2.37. The zero-order valence-corrected chi connectivity index (χ0v) is 12.8. The molecule has 0 unspecified atom stereocenters. The van der Waals surface area contributed by atoms with Crippen LogP contribution in [0.25, 0.3) is 0 Å². The standard InChI is InChI=1S/C13H26N2O3S/c1-3-5-11-19(17,18)15-9-7-12(8-10-15)14-13(16)6-4-2/h12H,3-11H2,1-2H3,(H,14,16). The lowest BCUT2D eigenvalue weighted by Gasteiger charge is -2.31. The lowest BCUT2D eigenvalue weighted by Crippen LogP contribution is -2.47. The summed E-state index contributed by atoms with van der Waals surface area (Å²) in [5.74, 6) is 0.325. The first kappa shape index (κ1) is 16.4. The molecule has 0 saturated carbocycles. The van der Waals surface area contributed by atoms with Gasteiger partial charge in [0.05, 0.1) is 5.75 Å². The Balaban J connectivity index is 2.38. The molecule has 0 aromatic carbocycles. The van der Waals surface area contributed by atoms with Gasteiger partial charge in [-0.2, -0.15) is 0 Å². The molecule has 1 rings (SSSR count). The topological polar surface area (TPSA) is 66.5 Å². The molecule has 1 saturated heterocycles. The van der Waals surface area contributed by atoms with Gasteiger partial charge in [-0.05, 0) is 25.7 Å². The quantitative estimate of drug-likeness (QED) is 0.772. The van der Waals surface area contributed by atoms with E-state index in [2.05, 4.69) is 5.32 Å². The van der Waals surface area contributed by atoms with Gasteiger partial charge in [-0.3, -0.25) is 4.79 Å². The fraction of sp³-hybridized carbons (Fsp3) is 0.923. The molecule has 0 bridgehead atoms. The summed E-state index contributed by atoms with van der Waals surface area (Å²) in [4.78, 5) is 11.5. The molecule has 1 fully saturated rings. The van der Waals surface area contributed by atoms with E-state index in [-0.39, 0.29) is 17.7 Å². The Morgan fingerprint density at radius 3 is 2.37 bits per heavy atom. The number of hydrogen-bond donors (Lipinski definition) is 1. The molecule has 5 nitrogen and oxygen atoms in total. The molecule has 6 heteroatoms. The summed E-state index contributed by atoms with van der Waals surface area (Å²) in [7, 11) is -3.09. The van der Waals surface area contributed by atoms with Gasteiger partial charge in [-0.1, -0.05) is 20.3 Å². The van der Waals surface area contributed by atoms with Crippen molar-refractivity contribution in [3.05, 3.63) is 0 Å². The highest BCUT2D eigenvalue weighted by atomic mass is 32.2. The second-order valence-corrected chi connectivity index (χ2v) is 7.25. The minimum absolute atomic E-state index is 0.0785. The van der Waals surface area contributed by atoms with Crippen molar-refractivity contribution in [2.75, 3.05) is 18.8 Å². The number of amides is 1. The van der Waals surface area contributed by atoms with Gasteiger partial charge < -0.3 is 5.32 Å². The lowest BCUT2D eigenvalue weighted by atomic mass is 10.1. The molecule has 112 valence electrons. The van der Waals surface area contributed by atoms with Gasteiger partial charge in [0.2, 0.25) is 15.9 Å². The van der Waals surface area contributed by atoms with Gasteiger partial charge in [-0.15, -0.1) is 0 Å². The summed E-state index contributed by atoms with van der Waals surface area (Å²) in [6.07, 6.45) is 4.45. The molecule has 0 atom stereocenters. The molecule has 0 aliphatic carbocycles. The first-order valence-corrected chi connectivity index (χ1v) is 8.87. The summed E-state index contributed by atoms with van der Waals surface area (Å²) < 4.78 is 25.6. The zero-order valence-electron chi connectivity index (χ0n) is 12.0. The van der Waals surface area contributed by atoms with E-state index in [1.165, 1.54) is 0 Å². The van der Waals surface area contributed by atoms with E-state index in [9.17, 15) is 13.2 Å². The van der Waals surface area contributed by atoms with Crippen molar-refractivity contribution >= 4 is 15.9 Å². The Morgan fingerprint density at radius 2 is 1.84 bits per heavy atom. The largest absolute Gasteiger partial charge is 0.353 e. The van der Waals surface area contributed by atoms with E-state index >= 15 is 0 Å². The highest BCUT2D eigenvalue weighted by molar-refractivity contribution is 7.89. The van der Waals surface area contributed by atoms with Crippen LogP contribution in [0.3, 0.4) is 0 Å². The second kappa shape index (κ2) is 7.85. The third-order valence-electron chi connectivity index (χ3n) is 3.45. The van der Waals surface area contributed by atoms with Crippen LogP contribution < -0.4 is 5.32 Å². The smallest absolute Gasteiger partial charge is 0.220 e. The third kappa shape index (κ3) is 5.48. The molecular formula is C13H26N2O3S. The predicted molar refractivity (Wildman–Crippen MR) is 76.3 cm³/mol. The van der Waals surface area contributed by atoms with Crippen molar-refractivity contribution in [1.82, 2.24) is 9.62 Å². The highest BCUT2D eigenvalue weighted by Crippen LogP contribution is 2.15. The van der Waals surface area contributed by atoms with Crippen LogP contribution >= 0.6 is 0 Å². The SMILES string of the molecule is CCCCS(=O)(=O)N1CCC(NC(=O)CCC)CC1. The van der Waals surface area contributed by atoms with Crippen molar-refractivity contribution in [2.24, 2.45) is 0 Å². The van der Waals surface area contributed by atoms with Crippen LogP contribution in [0.4, 0.5) is 0 Å². The van der Waals surface area contributed by atoms with E-state index in [1.54, 1.807) is 4.31 Å². The number of hydrogen-bond acceptors (Lipinski definition) is 3. The Kier molecular flexibility index (Phi) is 6.79. The van der Waals surface area contributed by atoms with Crippen molar-refractivity contribution in [1.29, 1.82) is 0 Å². The first-order chi connectivity index (χ1) is 8.99. The van der Waals surface area contributed by atoms with Crippen LogP contribution in [-0.2, 0) is 14.8 Å². The Bertz CT molecular complexity index is 373. The minimum atomic E-state index is -3.09. The number of carbonyl (C=O) groups excluding carboxylic acids is 1. The fourth-order valence-corrected chi connectivity index (χ4v) is 3.94. The molecule has 0 aromatic heterocycles. The molecule has 0 spiro atoms. The highest BCUT2D eigenvalue weighted by Gasteiger charge is 2.27. The fourth-order valence-electron chi connectivity index (χ4n) is 2.26. The van der Waals surface area contributed by atoms with Crippen LogP contribution in [-0.4, -0.2) is 43.5 Å². The number of nitrogens with one attached hydrogen (secondary N) is 1. The Hall–Kier alpha value is -0.620. The van der Waals surface area contributed by atoms with E-state index in [0.717, 1.165) is 32.1 Å². The summed E-state index contributed by atoms with van der Waals surface area (Å²) in [5, 5.41) is 2.97. The summed E-state index contributed by atoms with van der Waals surface area (Å²) in [6.45, 7) is 5.03. The zero-order chi connectivity index (χ0) is 14.3. The maximum atomic E-state index is 12.0. The Labute approximate surface area is 116 Å². The maximum absolute atomic E-state index is 12.0.